The van der Waals surface area contributed by atoms with Crippen molar-refractivity contribution in [2.75, 3.05) is 25.1 Å². The number of ether oxygens (including phenoxy) is 1. The molecular formula is C15H17FN2O3. The van der Waals surface area contributed by atoms with Gasteiger partial charge in [-0.25, -0.2) is 9.18 Å². The fourth-order valence-electron chi connectivity index (χ4n) is 1.84. The second-order valence-electron chi connectivity index (χ2n) is 5.10. The van der Waals surface area contributed by atoms with Crippen molar-refractivity contribution in [3.8, 4) is 18.1 Å². The highest BCUT2D eigenvalue weighted by molar-refractivity contribution is 5.90. The second kappa shape index (κ2) is 6.46. The second-order valence-corrected chi connectivity index (χ2v) is 5.10. The largest absolute Gasteiger partial charge is 0.479 e. The van der Waals surface area contributed by atoms with Crippen molar-refractivity contribution in [2.45, 2.75) is 12.8 Å². The smallest absolute Gasteiger partial charge is 0.319 e. The molecule has 1 aliphatic rings. The fourth-order valence-corrected chi connectivity index (χ4v) is 1.84. The van der Waals surface area contributed by atoms with E-state index in [1.165, 1.54) is 12.1 Å². The molecular weight excluding hydrogens is 275 g/mol. The minimum Gasteiger partial charge on any atom is -0.479 e. The molecule has 3 N–H and O–H groups in total. The molecule has 0 spiro atoms. The summed E-state index contributed by atoms with van der Waals surface area (Å²) < 4.78 is 18.4. The van der Waals surface area contributed by atoms with Crippen molar-refractivity contribution < 1.29 is 19.0 Å². The van der Waals surface area contributed by atoms with E-state index in [1.54, 1.807) is 0 Å². The molecule has 0 radical (unpaired) electrons. The standard InChI is InChI=1S/C15H17FN2O3/c1-2-7-21-13-8-11(16)3-4-12(13)18-14(20)17-9-15(10-19)5-6-15/h1,3-4,8,19H,5-7,9-10H2,(H2,17,18,20). The normalized spacial score (nSPS) is 14.9. The van der Waals surface area contributed by atoms with Crippen molar-refractivity contribution >= 4 is 11.7 Å². The van der Waals surface area contributed by atoms with E-state index >= 15 is 0 Å². The molecule has 1 saturated carbocycles. The lowest BCUT2D eigenvalue weighted by Gasteiger charge is -2.15. The molecule has 0 heterocycles. The summed E-state index contributed by atoms with van der Waals surface area (Å²) in [6.07, 6.45) is 6.89. The van der Waals surface area contributed by atoms with Crippen molar-refractivity contribution in [3.05, 3.63) is 24.0 Å². The van der Waals surface area contributed by atoms with Crippen molar-refractivity contribution in [3.63, 3.8) is 0 Å². The van der Waals surface area contributed by atoms with Crippen LogP contribution in [0, 0.1) is 23.6 Å². The van der Waals surface area contributed by atoms with Crippen LogP contribution in [0.2, 0.25) is 0 Å². The number of hydrogen-bond acceptors (Lipinski definition) is 3. The number of nitrogens with one attached hydrogen (secondary N) is 2. The number of rotatable bonds is 6. The van der Waals surface area contributed by atoms with Gasteiger partial charge < -0.3 is 20.5 Å². The summed E-state index contributed by atoms with van der Waals surface area (Å²) in [7, 11) is 0. The zero-order valence-corrected chi connectivity index (χ0v) is 11.5. The van der Waals surface area contributed by atoms with E-state index < -0.39 is 11.8 Å². The van der Waals surface area contributed by atoms with Gasteiger partial charge in [0.15, 0.2) is 0 Å². The molecule has 1 aromatic carbocycles. The van der Waals surface area contributed by atoms with Gasteiger partial charge in [-0.3, -0.25) is 0 Å². The zero-order valence-electron chi connectivity index (χ0n) is 11.5. The number of anilines is 1. The van der Waals surface area contributed by atoms with Crippen molar-refractivity contribution in [2.24, 2.45) is 5.41 Å². The molecule has 0 bridgehead atoms. The number of amides is 2. The van der Waals surface area contributed by atoms with Crippen LogP contribution in [0.3, 0.4) is 0 Å². The maximum Gasteiger partial charge on any atom is 0.319 e. The van der Waals surface area contributed by atoms with Gasteiger partial charge in [0, 0.05) is 18.0 Å². The summed E-state index contributed by atoms with van der Waals surface area (Å²) in [4.78, 5) is 11.8. The average Bonchev–Trinajstić information content (AvgIpc) is 3.26. The summed E-state index contributed by atoms with van der Waals surface area (Å²) in [5, 5.41) is 14.4. The first-order chi connectivity index (χ1) is 10.1. The highest BCUT2D eigenvalue weighted by Gasteiger charge is 2.42. The van der Waals surface area contributed by atoms with Gasteiger partial charge in [0.1, 0.15) is 18.2 Å². The van der Waals surface area contributed by atoms with E-state index in [0.29, 0.717) is 12.2 Å². The molecule has 0 atom stereocenters. The molecule has 5 nitrogen and oxygen atoms in total. The monoisotopic (exact) mass is 292 g/mol. The molecule has 0 aliphatic heterocycles. The van der Waals surface area contributed by atoms with Gasteiger partial charge in [0.05, 0.1) is 12.3 Å². The summed E-state index contributed by atoms with van der Waals surface area (Å²) >= 11 is 0. The number of aliphatic hydroxyl groups excluding tert-OH is 1. The van der Waals surface area contributed by atoms with Crippen LogP contribution in [0.1, 0.15) is 12.8 Å². The summed E-state index contributed by atoms with van der Waals surface area (Å²) in [6, 6.07) is 3.34. The average molecular weight is 292 g/mol. The molecule has 0 saturated heterocycles. The number of benzene rings is 1. The third-order valence-corrected chi connectivity index (χ3v) is 3.42. The number of urea groups is 1. The molecule has 1 fully saturated rings. The predicted molar refractivity (Wildman–Crippen MR) is 76.5 cm³/mol. The molecule has 6 heteroatoms. The predicted octanol–water partition coefficient (Wildman–Crippen LogP) is 1.73. The lowest BCUT2D eigenvalue weighted by atomic mass is 10.1. The number of terminal acetylenes is 1. The quantitative estimate of drug-likeness (QED) is 0.699. The Morgan fingerprint density at radius 1 is 1.52 bits per heavy atom. The Morgan fingerprint density at radius 3 is 2.90 bits per heavy atom. The summed E-state index contributed by atoms with van der Waals surface area (Å²) in [6.45, 7) is 0.435. The lowest BCUT2D eigenvalue weighted by Crippen LogP contribution is -2.35. The van der Waals surface area contributed by atoms with Crippen LogP contribution in [0.15, 0.2) is 18.2 Å². The first-order valence-corrected chi connectivity index (χ1v) is 6.60. The minimum atomic E-state index is -0.481. The number of hydrogen-bond donors (Lipinski definition) is 3. The van der Waals surface area contributed by atoms with Crippen LogP contribution in [-0.2, 0) is 0 Å². The SMILES string of the molecule is C#CCOc1cc(F)ccc1NC(=O)NCC1(CO)CC1. The lowest BCUT2D eigenvalue weighted by molar-refractivity contribution is 0.206. The van der Waals surface area contributed by atoms with Crippen molar-refractivity contribution in [1.29, 1.82) is 0 Å². The highest BCUT2D eigenvalue weighted by Crippen LogP contribution is 2.44. The Kier molecular flexibility index (Phi) is 4.66. The third kappa shape index (κ3) is 4.10. The summed E-state index contributed by atoms with van der Waals surface area (Å²) in [5.41, 5.74) is 0.154. The molecule has 2 amide bonds. The molecule has 112 valence electrons. The highest BCUT2D eigenvalue weighted by atomic mass is 19.1. The van der Waals surface area contributed by atoms with Crippen LogP contribution in [-0.4, -0.2) is 30.9 Å². The van der Waals surface area contributed by atoms with Crippen LogP contribution < -0.4 is 15.4 Å². The molecule has 21 heavy (non-hydrogen) atoms. The zero-order chi connectivity index (χ0) is 15.3. The van der Waals surface area contributed by atoms with Crippen LogP contribution in [0.25, 0.3) is 0 Å². The molecule has 1 aromatic rings. The van der Waals surface area contributed by atoms with E-state index in [4.69, 9.17) is 11.2 Å². The van der Waals surface area contributed by atoms with Gasteiger partial charge in [-0.1, -0.05) is 5.92 Å². The van der Waals surface area contributed by atoms with Crippen LogP contribution in [0.4, 0.5) is 14.9 Å². The maximum absolute atomic E-state index is 13.2. The van der Waals surface area contributed by atoms with E-state index in [1.807, 2.05) is 0 Å². The van der Waals surface area contributed by atoms with Gasteiger partial charge in [0.2, 0.25) is 0 Å². The molecule has 1 aliphatic carbocycles. The molecule has 2 rings (SSSR count). The minimum absolute atomic E-state index is 0.0205. The first kappa shape index (κ1) is 15.1. The fraction of sp³-hybridized carbons (Fsp3) is 0.400. The number of aliphatic hydroxyl groups is 1. The Morgan fingerprint density at radius 2 is 2.29 bits per heavy atom. The maximum atomic E-state index is 13.2. The topological polar surface area (TPSA) is 70.6 Å². The van der Waals surface area contributed by atoms with E-state index in [2.05, 4.69) is 16.6 Å². The van der Waals surface area contributed by atoms with Crippen LogP contribution >= 0.6 is 0 Å². The van der Waals surface area contributed by atoms with Gasteiger partial charge in [-0.2, -0.15) is 0 Å². The Labute approximate surface area is 122 Å². The van der Waals surface area contributed by atoms with E-state index in [0.717, 1.165) is 18.9 Å². The van der Waals surface area contributed by atoms with Crippen LogP contribution in [0.5, 0.6) is 5.75 Å². The summed E-state index contributed by atoms with van der Waals surface area (Å²) in [5.74, 6) is 1.97. The number of carbonyl (C=O) groups excluding carboxylic acids is 1. The van der Waals surface area contributed by atoms with E-state index in [-0.39, 0.29) is 24.4 Å². The third-order valence-electron chi connectivity index (χ3n) is 3.42. The van der Waals surface area contributed by atoms with Crippen molar-refractivity contribution in [1.82, 2.24) is 5.32 Å². The molecule has 0 aromatic heterocycles. The first-order valence-electron chi connectivity index (χ1n) is 6.60. The van der Waals surface area contributed by atoms with Gasteiger partial charge >= 0.3 is 6.03 Å². The Bertz CT molecular complexity index is 565. The number of carbonyl (C=O) groups is 1. The van der Waals surface area contributed by atoms with Gasteiger partial charge in [0.25, 0.3) is 0 Å². The van der Waals surface area contributed by atoms with Gasteiger partial charge in [-0.15, -0.1) is 6.42 Å². The molecule has 0 unspecified atom stereocenters. The Hall–Kier alpha value is -2.26. The van der Waals surface area contributed by atoms with Gasteiger partial charge in [-0.05, 0) is 25.0 Å². The Balaban J connectivity index is 1.95. The van der Waals surface area contributed by atoms with E-state index in [9.17, 15) is 14.3 Å². The number of halogens is 1.